The number of unbranched alkanes of at least 4 members (excludes halogenated alkanes) is 9. The monoisotopic (exact) mass is 271 g/mol. The number of nitrogens with zero attached hydrogens (tertiary/aromatic N) is 1. The summed E-state index contributed by atoms with van der Waals surface area (Å²) >= 11 is 1.11. The van der Waals surface area contributed by atoms with E-state index in [1.807, 2.05) is 0 Å². The molecule has 0 bridgehead atoms. The molecule has 0 atom stereocenters. The van der Waals surface area contributed by atoms with E-state index in [1.54, 1.807) is 0 Å². The number of isocyanates is 1. The van der Waals surface area contributed by atoms with Crippen LogP contribution in [0.15, 0.2) is 4.99 Å². The standard InChI is InChI=1S/C14H25NO2S/c1-2-3-4-5-6-7-8-9-10-11-12-18-14(17)15-13-16/h2-12H2,1H3. The Bertz CT molecular complexity index is 250. The smallest absolute Gasteiger partial charge is 0.259 e. The van der Waals surface area contributed by atoms with Crippen LogP contribution < -0.4 is 0 Å². The van der Waals surface area contributed by atoms with E-state index in [-0.39, 0.29) is 0 Å². The minimum Gasteiger partial charge on any atom is -0.259 e. The lowest BCUT2D eigenvalue weighted by atomic mass is 10.1. The molecule has 104 valence electrons. The van der Waals surface area contributed by atoms with Crippen LogP contribution in [-0.2, 0) is 4.79 Å². The average Bonchev–Trinajstić information content (AvgIpc) is 2.36. The normalized spacial score (nSPS) is 10.1. The highest BCUT2D eigenvalue weighted by atomic mass is 32.2. The molecule has 4 heteroatoms. The molecule has 1 amide bonds. The molecule has 0 saturated carbocycles. The summed E-state index contributed by atoms with van der Waals surface area (Å²) in [5.41, 5.74) is 0. The molecular weight excluding hydrogens is 246 g/mol. The summed E-state index contributed by atoms with van der Waals surface area (Å²) < 4.78 is 0. The van der Waals surface area contributed by atoms with Gasteiger partial charge in [0.1, 0.15) is 0 Å². The summed E-state index contributed by atoms with van der Waals surface area (Å²) in [6.07, 6.45) is 14.1. The van der Waals surface area contributed by atoms with Crippen molar-refractivity contribution < 1.29 is 9.59 Å². The van der Waals surface area contributed by atoms with Gasteiger partial charge in [0.2, 0.25) is 6.08 Å². The minimum atomic E-state index is -0.416. The summed E-state index contributed by atoms with van der Waals surface area (Å²) in [6, 6.07) is 0. The molecule has 18 heavy (non-hydrogen) atoms. The summed E-state index contributed by atoms with van der Waals surface area (Å²) in [5.74, 6) is 0.764. The van der Waals surface area contributed by atoms with E-state index in [9.17, 15) is 9.59 Å². The van der Waals surface area contributed by atoms with Crippen LogP contribution in [0, 0.1) is 0 Å². The second kappa shape index (κ2) is 14.5. The third-order valence-electron chi connectivity index (χ3n) is 2.86. The van der Waals surface area contributed by atoms with Gasteiger partial charge in [-0.3, -0.25) is 4.79 Å². The zero-order valence-electron chi connectivity index (χ0n) is 11.5. The Hall–Kier alpha value is -0.600. The molecule has 0 unspecified atom stereocenters. The van der Waals surface area contributed by atoms with Crippen molar-refractivity contribution in [3.05, 3.63) is 0 Å². The first-order chi connectivity index (χ1) is 8.81. The molecule has 0 aromatic carbocycles. The van der Waals surface area contributed by atoms with E-state index in [1.165, 1.54) is 63.9 Å². The molecular formula is C14H25NO2S. The first-order valence-corrected chi connectivity index (χ1v) is 8.04. The number of thioether (sulfide) groups is 1. The lowest BCUT2D eigenvalue weighted by Crippen LogP contribution is -1.87. The van der Waals surface area contributed by atoms with Crippen molar-refractivity contribution in [3.8, 4) is 0 Å². The van der Waals surface area contributed by atoms with Gasteiger partial charge < -0.3 is 0 Å². The van der Waals surface area contributed by atoms with E-state index < -0.39 is 5.24 Å². The second-order valence-electron chi connectivity index (χ2n) is 4.50. The number of rotatable bonds is 11. The summed E-state index contributed by atoms with van der Waals surface area (Å²) in [7, 11) is 0. The topological polar surface area (TPSA) is 46.5 Å². The van der Waals surface area contributed by atoms with Crippen molar-refractivity contribution >= 4 is 23.1 Å². The SMILES string of the molecule is CCCCCCCCCCCCSC(=O)N=C=O. The minimum absolute atomic E-state index is 0.416. The van der Waals surface area contributed by atoms with Crippen LogP contribution >= 0.6 is 11.8 Å². The van der Waals surface area contributed by atoms with Gasteiger partial charge >= 0.3 is 5.24 Å². The third kappa shape index (κ3) is 13.5. The fraction of sp³-hybridized carbons (Fsp3) is 0.857. The number of carbonyl (C=O) groups excluding carboxylic acids is 2. The predicted molar refractivity (Wildman–Crippen MR) is 77.8 cm³/mol. The molecule has 0 aliphatic heterocycles. The van der Waals surface area contributed by atoms with Gasteiger partial charge in [0.05, 0.1) is 0 Å². The molecule has 0 rings (SSSR count). The van der Waals surface area contributed by atoms with E-state index >= 15 is 0 Å². The lowest BCUT2D eigenvalue weighted by molar-refractivity contribution is 0.267. The number of carbonyl (C=O) groups is 1. The highest BCUT2D eigenvalue weighted by Gasteiger charge is 1.98. The Balaban J connectivity index is 3.07. The summed E-state index contributed by atoms with van der Waals surface area (Å²) in [5, 5.41) is -0.416. The average molecular weight is 271 g/mol. The van der Waals surface area contributed by atoms with Crippen molar-refractivity contribution in [3.63, 3.8) is 0 Å². The molecule has 0 saturated heterocycles. The van der Waals surface area contributed by atoms with Crippen LogP contribution in [0.5, 0.6) is 0 Å². The number of amides is 1. The molecule has 0 heterocycles. The van der Waals surface area contributed by atoms with Crippen LogP contribution in [0.25, 0.3) is 0 Å². The highest BCUT2D eigenvalue weighted by molar-refractivity contribution is 8.13. The Morgan fingerprint density at radius 3 is 1.94 bits per heavy atom. The van der Waals surface area contributed by atoms with Gasteiger partial charge in [-0.25, -0.2) is 4.79 Å². The third-order valence-corrected chi connectivity index (χ3v) is 3.69. The van der Waals surface area contributed by atoms with Gasteiger partial charge in [0, 0.05) is 5.75 Å². The van der Waals surface area contributed by atoms with Gasteiger partial charge in [-0.05, 0) is 6.42 Å². The molecule has 0 radical (unpaired) electrons. The van der Waals surface area contributed by atoms with Crippen LogP contribution in [0.1, 0.15) is 71.1 Å². The zero-order valence-corrected chi connectivity index (χ0v) is 12.3. The maximum atomic E-state index is 10.8. The van der Waals surface area contributed by atoms with Gasteiger partial charge in [0.15, 0.2) is 0 Å². The van der Waals surface area contributed by atoms with Crippen LogP contribution in [0.2, 0.25) is 0 Å². The quantitative estimate of drug-likeness (QED) is 0.298. The fourth-order valence-electron chi connectivity index (χ4n) is 1.82. The Morgan fingerprint density at radius 2 is 1.44 bits per heavy atom. The molecule has 3 nitrogen and oxygen atoms in total. The van der Waals surface area contributed by atoms with Crippen LogP contribution in [0.4, 0.5) is 4.79 Å². The molecule has 0 spiro atoms. The predicted octanol–water partition coefficient (Wildman–Crippen LogP) is 5.10. The Labute approximate surface area is 115 Å². The lowest BCUT2D eigenvalue weighted by Gasteiger charge is -2.01. The second-order valence-corrected chi connectivity index (χ2v) is 5.55. The molecule has 0 aromatic heterocycles. The van der Waals surface area contributed by atoms with E-state index in [0.29, 0.717) is 0 Å². The highest BCUT2D eigenvalue weighted by Crippen LogP contribution is 2.13. The van der Waals surface area contributed by atoms with Crippen molar-refractivity contribution in [1.29, 1.82) is 0 Å². The van der Waals surface area contributed by atoms with Crippen molar-refractivity contribution in [2.24, 2.45) is 4.99 Å². The first kappa shape index (κ1) is 17.4. The van der Waals surface area contributed by atoms with E-state index in [0.717, 1.165) is 23.9 Å². The van der Waals surface area contributed by atoms with Crippen LogP contribution in [-0.4, -0.2) is 17.1 Å². The Kier molecular flexibility index (Phi) is 14.0. The van der Waals surface area contributed by atoms with Gasteiger partial charge in [0.25, 0.3) is 0 Å². The molecule has 0 aliphatic carbocycles. The van der Waals surface area contributed by atoms with E-state index in [4.69, 9.17) is 0 Å². The van der Waals surface area contributed by atoms with Gasteiger partial charge in [-0.2, -0.15) is 0 Å². The molecule has 0 aliphatic rings. The number of hydrogen-bond acceptors (Lipinski definition) is 3. The molecule has 0 N–H and O–H groups in total. The maximum absolute atomic E-state index is 10.8. The van der Waals surface area contributed by atoms with Crippen molar-refractivity contribution in [2.45, 2.75) is 71.1 Å². The Morgan fingerprint density at radius 1 is 0.944 bits per heavy atom. The number of hydrogen-bond donors (Lipinski definition) is 0. The van der Waals surface area contributed by atoms with E-state index in [2.05, 4.69) is 11.9 Å². The fourth-order valence-corrected chi connectivity index (χ4v) is 2.44. The van der Waals surface area contributed by atoms with Crippen molar-refractivity contribution in [2.75, 3.05) is 5.75 Å². The first-order valence-electron chi connectivity index (χ1n) is 7.06. The number of aliphatic imine (C=N–C) groups is 1. The van der Waals surface area contributed by atoms with Gasteiger partial charge in [-0.1, -0.05) is 76.5 Å². The summed E-state index contributed by atoms with van der Waals surface area (Å²) in [6.45, 7) is 2.24. The molecule has 0 fully saturated rings. The van der Waals surface area contributed by atoms with Crippen molar-refractivity contribution in [1.82, 2.24) is 0 Å². The molecule has 0 aromatic rings. The maximum Gasteiger partial charge on any atom is 0.315 e. The van der Waals surface area contributed by atoms with Gasteiger partial charge in [-0.15, -0.1) is 4.99 Å². The largest absolute Gasteiger partial charge is 0.315 e. The zero-order chi connectivity index (χ0) is 13.5. The van der Waals surface area contributed by atoms with Crippen LogP contribution in [0.3, 0.4) is 0 Å². The summed E-state index contributed by atoms with van der Waals surface area (Å²) in [4.78, 5) is 23.7.